The molecule has 0 N–H and O–H groups in total. The Morgan fingerprint density at radius 3 is 2.77 bits per heavy atom. The SMILES string of the molecule is CCCCn1cc(Cl)cc(Cl)c1=O. The fourth-order valence-electron chi connectivity index (χ4n) is 1.06. The minimum Gasteiger partial charge on any atom is -0.313 e. The Hall–Kier alpha value is -0.470. The third kappa shape index (κ3) is 2.75. The van der Waals surface area contributed by atoms with Crippen LogP contribution in [0.15, 0.2) is 17.1 Å². The first-order chi connectivity index (χ1) is 6.15. The summed E-state index contributed by atoms with van der Waals surface area (Å²) in [6, 6.07) is 1.47. The molecule has 0 atom stereocenters. The zero-order chi connectivity index (χ0) is 9.84. The van der Waals surface area contributed by atoms with Gasteiger partial charge in [-0.05, 0) is 12.5 Å². The van der Waals surface area contributed by atoms with E-state index in [2.05, 4.69) is 6.92 Å². The van der Waals surface area contributed by atoms with Crippen LogP contribution in [0, 0.1) is 0 Å². The molecule has 0 bridgehead atoms. The number of aromatic nitrogens is 1. The molecule has 4 heteroatoms. The standard InChI is InChI=1S/C9H11Cl2NO/c1-2-3-4-12-6-7(10)5-8(11)9(12)13/h5-6H,2-4H2,1H3. The van der Waals surface area contributed by atoms with Crippen molar-refractivity contribution in [3.05, 3.63) is 32.7 Å². The Morgan fingerprint density at radius 1 is 1.46 bits per heavy atom. The molecule has 1 rings (SSSR count). The van der Waals surface area contributed by atoms with Crippen molar-refractivity contribution in [1.29, 1.82) is 0 Å². The van der Waals surface area contributed by atoms with Crippen molar-refractivity contribution in [1.82, 2.24) is 4.57 Å². The number of hydrogen-bond acceptors (Lipinski definition) is 1. The number of aryl methyl sites for hydroxylation is 1. The third-order valence-corrected chi connectivity index (χ3v) is 2.24. The van der Waals surface area contributed by atoms with Crippen molar-refractivity contribution in [3.8, 4) is 0 Å². The highest BCUT2D eigenvalue weighted by Crippen LogP contribution is 2.11. The third-order valence-electron chi connectivity index (χ3n) is 1.76. The summed E-state index contributed by atoms with van der Waals surface area (Å²) in [5.41, 5.74) is -0.167. The smallest absolute Gasteiger partial charge is 0.269 e. The van der Waals surface area contributed by atoms with Crippen LogP contribution in [0.25, 0.3) is 0 Å². The lowest BCUT2D eigenvalue weighted by molar-refractivity contribution is 0.613. The first-order valence-electron chi connectivity index (χ1n) is 4.20. The van der Waals surface area contributed by atoms with Gasteiger partial charge in [0, 0.05) is 12.7 Å². The molecule has 13 heavy (non-hydrogen) atoms. The lowest BCUT2D eigenvalue weighted by Crippen LogP contribution is -2.19. The second-order valence-corrected chi connectivity index (χ2v) is 3.70. The Labute approximate surface area is 87.1 Å². The van der Waals surface area contributed by atoms with Crippen LogP contribution in [0.1, 0.15) is 19.8 Å². The fraction of sp³-hybridized carbons (Fsp3) is 0.444. The van der Waals surface area contributed by atoms with Crippen LogP contribution >= 0.6 is 23.2 Å². The van der Waals surface area contributed by atoms with Gasteiger partial charge in [-0.2, -0.15) is 0 Å². The predicted octanol–water partition coefficient (Wildman–Crippen LogP) is 2.96. The van der Waals surface area contributed by atoms with Crippen molar-refractivity contribution < 1.29 is 0 Å². The molecule has 2 nitrogen and oxygen atoms in total. The maximum Gasteiger partial charge on any atom is 0.269 e. The summed E-state index contributed by atoms with van der Waals surface area (Å²) < 4.78 is 1.55. The highest BCUT2D eigenvalue weighted by atomic mass is 35.5. The summed E-state index contributed by atoms with van der Waals surface area (Å²) >= 11 is 11.4. The first-order valence-corrected chi connectivity index (χ1v) is 4.96. The molecule has 0 aliphatic carbocycles. The van der Waals surface area contributed by atoms with E-state index in [9.17, 15) is 4.79 Å². The average molecular weight is 220 g/mol. The lowest BCUT2D eigenvalue weighted by Gasteiger charge is -2.05. The molecule has 0 radical (unpaired) electrons. The number of hydrogen-bond donors (Lipinski definition) is 0. The van der Waals surface area contributed by atoms with Gasteiger partial charge in [-0.15, -0.1) is 0 Å². The Bertz CT molecular complexity index is 346. The van der Waals surface area contributed by atoms with Crippen molar-refractivity contribution >= 4 is 23.2 Å². The Kier molecular flexibility index (Phi) is 3.82. The second-order valence-electron chi connectivity index (χ2n) is 2.86. The summed E-state index contributed by atoms with van der Waals surface area (Å²) in [6.45, 7) is 2.74. The van der Waals surface area contributed by atoms with Crippen LogP contribution in [0.3, 0.4) is 0 Å². The van der Waals surface area contributed by atoms with Crippen molar-refractivity contribution in [2.75, 3.05) is 0 Å². The van der Waals surface area contributed by atoms with Gasteiger partial charge in [-0.1, -0.05) is 36.5 Å². The van der Waals surface area contributed by atoms with Gasteiger partial charge >= 0.3 is 0 Å². The Morgan fingerprint density at radius 2 is 2.15 bits per heavy atom. The van der Waals surface area contributed by atoms with E-state index < -0.39 is 0 Å². The fourth-order valence-corrected chi connectivity index (χ4v) is 1.57. The van der Waals surface area contributed by atoms with Gasteiger partial charge in [0.15, 0.2) is 0 Å². The number of pyridine rings is 1. The molecule has 0 fully saturated rings. The van der Waals surface area contributed by atoms with Gasteiger partial charge in [-0.3, -0.25) is 4.79 Å². The molecule has 0 aliphatic rings. The van der Waals surface area contributed by atoms with E-state index in [1.807, 2.05) is 0 Å². The van der Waals surface area contributed by atoms with Crippen molar-refractivity contribution in [3.63, 3.8) is 0 Å². The second kappa shape index (κ2) is 4.68. The van der Waals surface area contributed by atoms with Crippen LogP contribution in [0.4, 0.5) is 0 Å². The molecule has 0 spiro atoms. The van der Waals surface area contributed by atoms with Crippen molar-refractivity contribution in [2.45, 2.75) is 26.3 Å². The molecule has 1 aromatic rings. The number of nitrogens with zero attached hydrogens (tertiary/aromatic N) is 1. The molecule has 1 aromatic heterocycles. The maximum absolute atomic E-state index is 11.4. The van der Waals surface area contributed by atoms with Gasteiger partial charge in [0.1, 0.15) is 5.02 Å². The van der Waals surface area contributed by atoms with E-state index in [1.165, 1.54) is 6.07 Å². The molecule has 0 unspecified atom stereocenters. The van der Waals surface area contributed by atoms with Crippen molar-refractivity contribution in [2.24, 2.45) is 0 Å². The highest BCUT2D eigenvalue weighted by Gasteiger charge is 2.02. The molecule has 0 aromatic carbocycles. The summed E-state index contributed by atoms with van der Waals surface area (Å²) in [5, 5.41) is 0.685. The molecule has 1 heterocycles. The summed E-state index contributed by atoms with van der Waals surface area (Å²) in [7, 11) is 0. The number of halogens is 2. The van der Waals surface area contributed by atoms with Crippen LogP contribution in [-0.2, 0) is 6.54 Å². The van der Waals surface area contributed by atoms with Gasteiger partial charge in [0.05, 0.1) is 5.02 Å². The molecular formula is C9H11Cl2NO. The van der Waals surface area contributed by atoms with Crippen LogP contribution in [0.5, 0.6) is 0 Å². The van der Waals surface area contributed by atoms with Gasteiger partial charge in [0.2, 0.25) is 0 Å². The quantitative estimate of drug-likeness (QED) is 0.767. The molecule has 0 amide bonds. The molecule has 72 valence electrons. The summed E-state index contributed by atoms with van der Waals surface area (Å²) in [6.07, 6.45) is 3.61. The number of rotatable bonds is 3. The minimum absolute atomic E-state index is 0.167. The normalized spacial score (nSPS) is 10.4. The Balaban J connectivity index is 2.99. The maximum atomic E-state index is 11.4. The van der Waals surface area contributed by atoms with Gasteiger partial charge < -0.3 is 4.57 Å². The largest absolute Gasteiger partial charge is 0.313 e. The van der Waals surface area contributed by atoms with E-state index >= 15 is 0 Å². The molecule has 0 saturated heterocycles. The van der Waals surface area contributed by atoms with E-state index in [0.717, 1.165) is 12.8 Å². The van der Waals surface area contributed by atoms with E-state index in [0.29, 0.717) is 11.6 Å². The molecule has 0 aliphatic heterocycles. The first kappa shape index (κ1) is 10.6. The minimum atomic E-state index is -0.167. The monoisotopic (exact) mass is 219 g/mol. The topological polar surface area (TPSA) is 22.0 Å². The molecule has 0 saturated carbocycles. The predicted molar refractivity (Wildman–Crippen MR) is 55.6 cm³/mol. The number of unbranched alkanes of at least 4 members (excludes halogenated alkanes) is 1. The van der Waals surface area contributed by atoms with E-state index in [4.69, 9.17) is 23.2 Å². The lowest BCUT2D eigenvalue weighted by atomic mass is 10.3. The van der Waals surface area contributed by atoms with Crippen LogP contribution < -0.4 is 5.56 Å². The summed E-state index contributed by atoms with van der Waals surface area (Å²) in [5.74, 6) is 0. The average Bonchev–Trinajstić information content (AvgIpc) is 2.09. The van der Waals surface area contributed by atoms with Gasteiger partial charge in [0.25, 0.3) is 5.56 Å². The van der Waals surface area contributed by atoms with E-state index in [-0.39, 0.29) is 10.6 Å². The zero-order valence-electron chi connectivity index (χ0n) is 7.39. The zero-order valence-corrected chi connectivity index (χ0v) is 8.90. The summed E-state index contributed by atoms with van der Waals surface area (Å²) in [4.78, 5) is 11.4. The van der Waals surface area contributed by atoms with Crippen LogP contribution in [0.2, 0.25) is 10.0 Å². The highest BCUT2D eigenvalue weighted by molar-refractivity contribution is 6.34. The van der Waals surface area contributed by atoms with E-state index in [1.54, 1.807) is 10.8 Å². The van der Waals surface area contributed by atoms with Gasteiger partial charge in [-0.25, -0.2) is 0 Å². The van der Waals surface area contributed by atoms with Crippen LogP contribution in [-0.4, -0.2) is 4.57 Å². The molecular weight excluding hydrogens is 209 g/mol.